The quantitative estimate of drug-likeness (QED) is 0.0337. The molecule has 2 aliphatic rings. The van der Waals surface area contributed by atoms with Crippen LogP contribution in [0.15, 0.2) is 194 Å². The van der Waals surface area contributed by atoms with Gasteiger partial charge in [-0.05, 0) is 155 Å². The molecule has 0 aliphatic carbocycles. The van der Waals surface area contributed by atoms with Crippen LogP contribution >= 0.6 is 0 Å². The number of fused-ring (bicyclic) bond motifs is 2. The van der Waals surface area contributed by atoms with Crippen LogP contribution < -0.4 is 49.4 Å². The maximum atomic E-state index is 13.1. The van der Waals surface area contributed by atoms with Crippen molar-refractivity contribution in [3.05, 3.63) is 217 Å². The van der Waals surface area contributed by atoms with Gasteiger partial charge in [-0.3, -0.25) is 44.0 Å². The van der Waals surface area contributed by atoms with E-state index in [0.29, 0.717) is 44.2 Å². The number of aliphatic hydroxyl groups excluding tert-OH is 2. The molecule has 10 rings (SSSR count). The number of nitrogens with one attached hydrogen (secondary N) is 3. The fraction of sp³-hybridized carbons (Fsp3) is 0.425. The molecule has 2 aromatic heterocycles. The van der Waals surface area contributed by atoms with Gasteiger partial charge in [-0.2, -0.15) is 0 Å². The fourth-order valence-corrected chi connectivity index (χ4v) is 12.6. The number of β-amino-alcohol motifs (C(OH)–C–C–N with tert-alkyl or cyclic N) is 2. The van der Waals surface area contributed by atoms with E-state index >= 15 is 0 Å². The summed E-state index contributed by atoms with van der Waals surface area (Å²) >= 11 is 0. The number of ether oxygens (including phenoxy) is 2. The molecule has 100 heavy (non-hydrogen) atoms. The molecule has 2 fully saturated rings. The van der Waals surface area contributed by atoms with E-state index < -0.39 is 18.2 Å². The molecule has 0 radical (unpaired) electrons. The predicted octanol–water partition coefficient (Wildman–Crippen LogP) is 4.66. The standard InChI is InChI=1S/C40H51N5O4.C22H30N2O.C18H23N3O4.Li/c1-43(29-39(47)42-34(18-8-16-32-12-4-2-5-13-32)19-9-17-33-14-6-3-7-15-33)40(48)30-45-26-24-44(25-27-45)28-35(46)31-49-38-22-10-21-37-36(38)20-11-23-41-37;1-23-18-22(25)24-21(16-8-14-19-10-4-2-5-11-19)17-9-15-20-12-6-3-7-13-20;22-14(11-20-7-9-21(10-8-20)12-18(23)24)13-25-17-5-1-4-16-15(17)3-2-6-19-16;/h2-7,10-15,20-23,34-35,46H,8-9,16-19,24-31H2,1H3,(H,42,47);2-7,10-13,21,23H,8-9,14-18H2,1H3,(H,24,25);1-6,14,22H,7-13H2,(H,23,24);/q;;;+1/p-1/t35-;;14-;/m1.1./s1. The Morgan fingerprint density at radius 1 is 0.480 bits per heavy atom. The molecule has 0 spiro atoms. The number of hydrogen-bond donors (Lipinski definition) is 5. The molecule has 2 aliphatic heterocycles. The first-order chi connectivity index (χ1) is 48.3. The van der Waals surface area contributed by atoms with Crippen molar-refractivity contribution in [3.8, 4) is 11.5 Å². The number of nitrogens with zero attached hydrogens (tertiary/aromatic N) is 7. The Hall–Kier alpha value is -8.06. The SMILES string of the molecule is CN(CC(=O)NC(CCCc1ccccc1)CCCc1ccccc1)C(=O)CN1CCN(C[C@@H](O)COc2cccc3ncccc23)CC1.CNCC(=O)NC(CCCc1ccccc1)CCCc1ccccc1.O=C([O-])CN1CCN(C[C@@H](O)COc2cccc3ncccc23)CC1.[Li+]. The van der Waals surface area contributed by atoms with E-state index in [-0.39, 0.29) is 81.5 Å². The monoisotopic (exact) mass is 1350 g/mol. The molecule has 8 aromatic rings. The number of aliphatic hydroxyl groups is 2. The van der Waals surface area contributed by atoms with Gasteiger partial charge in [-0.15, -0.1) is 0 Å². The van der Waals surface area contributed by atoms with Crippen molar-refractivity contribution >= 4 is 45.5 Å². The molecule has 0 bridgehead atoms. The second kappa shape index (κ2) is 44.9. The Bertz CT molecular complexity index is 3510. The number of rotatable bonds is 36. The van der Waals surface area contributed by atoms with Gasteiger partial charge in [0.2, 0.25) is 17.7 Å². The van der Waals surface area contributed by atoms with Crippen LogP contribution in [0, 0.1) is 0 Å². The molecule has 0 unspecified atom stereocenters. The van der Waals surface area contributed by atoms with Crippen LogP contribution in [0.4, 0.5) is 0 Å². The Kier molecular flexibility index (Phi) is 35.6. The zero-order valence-electron chi connectivity index (χ0n) is 59.0. The number of likely N-dealkylation sites (N-methyl/N-ethyl adjacent to an activating group) is 2. The molecular formula is C80H103LiN10O9. The Balaban J connectivity index is 0.000000231. The molecule has 3 amide bonds. The normalized spacial score (nSPS) is 14.2. The van der Waals surface area contributed by atoms with Gasteiger partial charge in [0.25, 0.3) is 0 Å². The maximum absolute atomic E-state index is 13.1. The summed E-state index contributed by atoms with van der Waals surface area (Å²) < 4.78 is 11.7. The van der Waals surface area contributed by atoms with Crippen LogP contribution in [0.5, 0.6) is 11.5 Å². The summed E-state index contributed by atoms with van der Waals surface area (Å²) in [5, 5.41) is 42.7. The number of carboxylic acids is 1. The third-order valence-electron chi connectivity index (χ3n) is 18.0. The number of carbonyl (C=O) groups excluding carboxylic acids is 4. The smallest absolute Gasteiger partial charge is 0.549 e. The number of aryl methyl sites for hydroxylation is 4. The number of piperazine rings is 2. The van der Waals surface area contributed by atoms with Crippen LogP contribution in [0.1, 0.15) is 73.6 Å². The average Bonchev–Trinajstić information content (AvgIpc) is 0.838. The van der Waals surface area contributed by atoms with Crippen LogP contribution in [-0.2, 0) is 44.9 Å². The first-order valence-electron chi connectivity index (χ1n) is 35.3. The number of carbonyl (C=O) groups is 4. The van der Waals surface area contributed by atoms with Gasteiger partial charge in [-0.1, -0.05) is 133 Å². The first kappa shape index (κ1) is 79.3. The van der Waals surface area contributed by atoms with E-state index in [1.807, 2.05) is 89.8 Å². The minimum atomic E-state index is -1.05. The number of pyridine rings is 2. The van der Waals surface area contributed by atoms with Crippen molar-refractivity contribution in [1.29, 1.82) is 0 Å². The minimum absolute atomic E-state index is 0. The van der Waals surface area contributed by atoms with Gasteiger partial charge in [0.1, 0.15) is 36.9 Å². The molecule has 20 heteroatoms. The van der Waals surface area contributed by atoms with Crippen molar-refractivity contribution < 1.29 is 62.8 Å². The number of aliphatic carboxylic acids is 1. The largest absolute Gasteiger partial charge is 1.00 e. The Morgan fingerprint density at radius 2 is 0.840 bits per heavy atom. The van der Waals surface area contributed by atoms with E-state index in [9.17, 15) is 34.5 Å². The summed E-state index contributed by atoms with van der Waals surface area (Å²) in [6, 6.07) is 61.4. The third-order valence-corrected chi connectivity index (χ3v) is 18.0. The summed E-state index contributed by atoms with van der Waals surface area (Å²) in [7, 11) is 3.51. The number of amides is 3. The van der Waals surface area contributed by atoms with E-state index in [1.165, 1.54) is 27.2 Å². The van der Waals surface area contributed by atoms with Gasteiger partial charge in [0.05, 0.1) is 36.6 Å². The molecule has 2 saturated heterocycles. The van der Waals surface area contributed by atoms with Crippen molar-refractivity contribution in [1.82, 2.24) is 50.4 Å². The van der Waals surface area contributed by atoms with Crippen LogP contribution in [0.2, 0.25) is 0 Å². The Labute approximate surface area is 603 Å². The molecule has 5 N–H and O–H groups in total. The van der Waals surface area contributed by atoms with Gasteiger partial charge in [0, 0.05) is 114 Å². The molecule has 0 saturated carbocycles. The minimum Gasteiger partial charge on any atom is -0.549 e. The van der Waals surface area contributed by atoms with E-state index in [4.69, 9.17) is 9.47 Å². The summed E-state index contributed by atoms with van der Waals surface area (Å²) in [5.41, 5.74) is 7.07. The zero-order chi connectivity index (χ0) is 69.7. The number of carboxylic acid groups (broad SMARTS) is 1. The Morgan fingerprint density at radius 3 is 1.21 bits per heavy atom. The summed E-state index contributed by atoms with van der Waals surface area (Å²) in [6.07, 6.45) is 14.4. The molecular weight excluding hydrogens is 1250 g/mol. The second-order valence-electron chi connectivity index (χ2n) is 25.9. The van der Waals surface area contributed by atoms with Crippen molar-refractivity contribution in [2.75, 3.05) is 119 Å². The maximum Gasteiger partial charge on any atom is 1.00 e. The van der Waals surface area contributed by atoms with Crippen LogP contribution in [0.25, 0.3) is 21.8 Å². The fourth-order valence-electron chi connectivity index (χ4n) is 12.6. The third kappa shape index (κ3) is 29.6. The topological polar surface area (TPSA) is 228 Å². The van der Waals surface area contributed by atoms with E-state index in [0.717, 1.165) is 138 Å². The zero-order valence-corrected chi connectivity index (χ0v) is 59.0. The van der Waals surface area contributed by atoms with Crippen molar-refractivity contribution in [2.24, 2.45) is 0 Å². The van der Waals surface area contributed by atoms with Crippen LogP contribution in [0.3, 0.4) is 0 Å². The summed E-state index contributed by atoms with van der Waals surface area (Å²) in [6.45, 7) is 7.79. The van der Waals surface area contributed by atoms with E-state index in [2.05, 4.69) is 138 Å². The summed E-state index contributed by atoms with van der Waals surface area (Å²) in [5.74, 6) is 0.293. The molecule has 2 atom stereocenters. The number of benzene rings is 6. The van der Waals surface area contributed by atoms with Crippen molar-refractivity contribution in [3.63, 3.8) is 0 Å². The molecule has 6 aromatic carbocycles. The van der Waals surface area contributed by atoms with Gasteiger partial charge in [-0.25, -0.2) is 0 Å². The number of aromatic nitrogens is 2. The summed E-state index contributed by atoms with van der Waals surface area (Å²) in [4.78, 5) is 67.2. The van der Waals surface area contributed by atoms with Crippen LogP contribution in [-0.4, -0.2) is 212 Å². The molecule has 19 nitrogen and oxygen atoms in total. The van der Waals surface area contributed by atoms with Gasteiger partial charge in [0.15, 0.2) is 0 Å². The van der Waals surface area contributed by atoms with Crippen molar-refractivity contribution in [2.45, 2.75) is 101 Å². The van der Waals surface area contributed by atoms with Gasteiger partial charge >= 0.3 is 18.9 Å². The molecule has 4 heterocycles. The predicted molar refractivity (Wildman–Crippen MR) is 390 cm³/mol. The molecule has 528 valence electrons. The first-order valence-corrected chi connectivity index (χ1v) is 35.3. The average molecular weight is 1360 g/mol. The van der Waals surface area contributed by atoms with Gasteiger partial charge < -0.3 is 50.4 Å². The van der Waals surface area contributed by atoms with E-state index in [1.54, 1.807) is 26.5 Å². The second-order valence-corrected chi connectivity index (χ2v) is 25.9. The number of hydrogen-bond acceptors (Lipinski definition) is 16.